The maximum atomic E-state index is 4.14. The number of hydrogen-bond acceptors (Lipinski definition) is 0. The third-order valence-corrected chi connectivity index (χ3v) is 6.33. The van der Waals surface area contributed by atoms with Crippen LogP contribution in [0, 0.1) is 5.41 Å². The van der Waals surface area contributed by atoms with E-state index < -0.39 is 0 Å². The van der Waals surface area contributed by atoms with Crippen LogP contribution in [0.2, 0.25) is 0 Å². The number of benzene rings is 1. The van der Waals surface area contributed by atoms with E-state index in [0.29, 0.717) is 23.4 Å². The van der Waals surface area contributed by atoms with Gasteiger partial charge in [-0.1, -0.05) is 57.9 Å². The molecule has 2 bridgehead atoms. The molecule has 2 heterocycles. The minimum absolute atomic E-state index is 0.357. The lowest BCUT2D eigenvalue weighted by Crippen LogP contribution is -2.96. The molecule has 0 spiro atoms. The van der Waals surface area contributed by atoms with Crippen molar-refractivity contribution in [2.24, 2.45) is 5.41 Å². The zero-order valence-electron chi connectivity index (χ0n) is 12.3. The highest BCUT2D eigenvalue weighted by Gasteiger charge is 2.53. The van der Waals surface area contributed by atoms with Gasteiger partial charge in [0, 0.05) is 33.3 Å². The second kappa shape index (κ2) is 4.96. The number of halogens is 2. The lowest BCUT2D eigenvalue weighted by molar-refractivity contribution is -0.749. The van der Waals surface area contributed by atoms with Crippen LogP contribution in [0.3, 0.4) is 0 Å². The summed E-state index contributed by atoms with van der Waals surface area (Å²) >= 11 is 7.57. The second-order valence-corrected chi connectivity index (χ2v) is 8.86. The van der Waals surface area contributed by atoms with E-state index in [-0.39, 0.29) is 0 Å². The Morgan fingerprint density at radius 1 is 1.30 bits per heavy atom. The molecule has 0 amide bonds. The Bertz CT molecular complexity index is 577. The Morgan fingerprint density at radius 3 is 2.50 bits per heavy atom. The van der Waals surface area contributed by atoms with Crippen LogP contribution in [-0.2, 0) is 0 Å². The quantitative estimate of drug-likeness (QED) is 0.695. The molecule has 0 saturated carbocycles. The van der Waals surface area contributed by atoms with Crippen molar-refractivity contribution in [3.8, 4) is 0 Å². The van der Waals surface area contributed by atoms with Gasteiger partial charge in [-0.2, -0.15) is 0 Å². The van der Waals surface area contributed by atoms with Gasteiger partial charge in [0.25, 0.3) is 0 Å². The topological polar surface area (TPSA) is 16.6 Å². The minimum atomic E-state index is 0.357. The van der Waals surface area contributed by atoms with Gasteiger partial charge in [0.2, 0.25) is 0 Å². The zero-order valence-corrected chi connectivity index (χ0v) is 15.5. The van der Waals surface area contributed by atoms with Crippen LogP contribution in [0.25, 0.3) is 0 Å². The van der Waals surface area contributed by atoms with Crippen molar-refractivity contribution in [3.63, 3.8) is 0 Å². The predicted octanol–water partition coefficient (Wildman–Crippen LogP) is 4.68. The van der Waals surface area contributed by atoms with E-state index in [4.69, 9.17) is 0 Å². The third kappa shape index (κ3) is 2.22. The number of hydrogen-bond donors (Lipinski definition) is 1. The Hall–Kier alpha value is -0.120. The molecular weight excluding hydrogens is 378 g/mol. The lowest BCUT2D eigenvalue weighted by Gasteiger charge is -2.52. The molecule has 1 aromatic rings. The smallest absolute Gasteiger partial charge is 0.114 e. The van der Waals surface area contributed by atoms with Gasteiger partial charge in [0.15, 0.2) is 0 Å². The van der Waals surface area contributed by atoms with Crippen molar-refractivity contribution in [3.05, 3.63) is 44.4 Å². The molecule has 3 heteroatoms. The van der Waals surface area contributed by atoms with Crippen LogP contribution in [0.5, 0.6) is 0 Å². The average Bonchev–Trinajstić information content (AvgIpc) is 2.31. The van der Waals surface area contributed by atoms with Crippen molar-refractivity contribution in [1.29, 1.82) is 0 Å². The molecule has 0 radical (unpaired) electrons. The highest BCUT2D eigenvalue weighted by atomic mass is 79.9. The molecule has 3 atom stereocenters. The fourth-order valence-corrected chi connectivity index (χ4v) is 5.65. The molecule has 2 N–H and O–H groups in total. The Labute approximate surface area is 138 Å². The van der Waals surface area contributed by atoms with Gasteiger partial charge in [-0.05, 0) is 30.0 Å². The van der Waals surface area contributed by atoms with Gasteiger partial charge in [0.1, 0.15) is 6.04 Å². The van der Waals surface area contributed by atoms with Crippen molar-refractivity contribution in [2.45, 2.75) is 51.6 Å². The zero-order chi connectivity index (χ0) is 14.7. The van der Waals surface area contributed by atoms with Crippen LogP contribution in [0.1, 0.15) is 56.7 Å². The molecule has 3 unspecified atom stereocenters. The number of rotatable bonds is 2. The fourth-order valence-electron chi connectivity index (χ4n) is 4.42. The summed E-state index contributed by atoms with van der Waals surface area (Å²) in [5.74, 6) is 0.589. The average molecular weight is 400 g/mol. The minimum Gasteiger partial charge on any atom is -0.337 e. The molecule has 1 nitrogen and oxygen atoms in total. The highest BCUT2D eigenvalue weighted by molar-refractivity contribution is 9.11. The molecule has 1 saturated heterocycles. The summed E-state index contributed by atoms with van der Waals surface area (Å²) in [5, 5.41) is 2.59. The van der Waals surface area contributed by atoms with Gasteiger partial charge in [0.05, 0.1) is 6.04 Å². The van der Waals surface area contributed by atoms with E-state index in [0.717, 1.165) is 6.42 Å². The largest absolute Gasteiger partial charge is 0.337 e. The SMILES string of the molecule is C=C(C)CC1[NH2+]C2CC(C)(C)C1c1c(Br)ccc(Br)c12. The second-order valence-electron chi connectivity index (χ2n) is 7.15. The lowest BCUT2D eigenvalue weighted by atomic mass is 9.58. The number of quaternary nitrogens is 1. The monoisotopic (exact) mass is 398 g/mol. The molecule has 1 aliphatic carbocycles. The molecule has 1 aromatic carbocycles. The molecule has 3 aliphatic rings. The summed E-state index contributed by atoms with van der Waals surface area (Å²) in [6, 6.07) is 5.57. The van der Waals surface area contributed by atoms with Gasteiger partial charge in [-0.15, -0.1) is 0 Å². The summed E-state index contributed by atoms with van der Waals surface area (Å²) in [4.78, 5) is 0. The van der Waals surface area contributed by atoms with Crippen molar-refractivity contribution < 1.29 is 5.32 Å². The summed E-state index contributed by atoms with van der Waals surface area (Å²) < 4.78 is 2.55. The Balaban J connectivity index is 2.16. The van der Waals surface area contributed by atoms with E-state index in [1.54, 1.807) is 0 Å². The molecule has 0 aromatic heterocycles. The van der Waals surface area contributed by atoms with Gasteiger partial charge in [-0.3, -0.25) is 0 Å². The van der Waals surface area contributed by atoms with Crippen LogP contribution in [0.15, 0.2) is 33.2 Å². The Morgan fingerprint density at radius 2 is 1.90 bits per heavy atom. The Kier molecular flexibility index (Phi) is 3.67. The van der Waals surface area contributed by atoms with E-state index >= 15 is 0 Å². The summed E-state index contributed by atoms with van der Waals surface area (Å²) in [6.07, 6.45) is 2.37. The maximum absolute atomic E-state index is 4.14. The van der Waals surface area contributed by atoms with Crippen molar-refractivity contribution >= 4 is 31.9 Å². The van der Waals surface area contributed by atoms with E-state index in [2.05, 4.69) is 76.7 Å². The standard InChI is InChI=1S/C17H21Br2N/c1-9(2)7-12-16-15-11(19)6-5-10(18)14(15)13(20-12)8-17(16,3)4/h5-6,12-13,16,20H,1,7-8H2,2-4H3/p+1. The predicted molar refractivity (Wildman–Crippen MR) is 90.9 cm³/mol. The first kappa shape index (κ1) is 14.8. The fraction of sp³-hybridized carbons (Fsp3) is 0.529. The molecule has 4 rings (SSSR count). The first-order valence-electron chi connectivity index (χ1n) is 7.28. The number of fused-ring (bicyclic) bond motifs is 2. The van der Waals surface area contributed by atoms with Crippen molar-refractivity contribution in [1.82, 2.24) is 0 Å². The number of piperidine rings is 1. The van der Waals surface area contributed by atoms with Crippen LogP contribution < -0.4 is 5.32 Å². The maximum Gasteiger partial charge on any atom is 0.114 e. The van der Waals surface area contributed by atoms with E-state index in [1.807, 2.05) is 0 Å². The third-order valence-electron chi connectivity index (χ3n) is 4.94. The first-order chi connectivity index (χ1) is 9.31. The normalized spacial score (nSPS) is 30.1. The van der Waals surface area contributed by atoms with Gasteiger partial charge in [-0.25, -0.2) is 0 Å². The summed E-state index contributed by atoms with van der Waals surface area (Å²) in [5.41, 5.74) is 4.70. The highest BCUT2D eigenvalue weighted by Crippen LogP contribution is 2.56. The van der Waals surface area contributed by atoms with Crippen molar-refractivity contribution in [2.75, 3.05) is 0 Å². The van der Waals surface area contributed by atoms with Gasteiger partial charge >= 0.3 is 0 Å². The summed E-state index contributed by atoms with van der Waals surface area (Å²) in [7, 11) is 0. The van der Waals surface area contributed by atoms with Gasteiger partial charge < -0.3 is 5.32 Å². The summed E-state index contributed by atoms with van der Waals surface area (Å²) in [6.45, 7) is 11.1. The number of nitrogens with two attached hydrogens (primary N) is 1. The van der Waals surface area contributed by atoms with E-state index in [1.165, 1.54) is 32.1 Å². The van der Waals surface area contributed by atoms with Crippen LogP contribution >= 0.6 is 31.9 Å². The first-order valence-corrected chi connectivity index (χ1v) is 8.87. The van der Waals surface area contributed by atoms with Crippen LogP contribution in [-0.4, -0.2) is 6.04 Å². The molecular formula is C17H22Br2N+. The van der Waals surface area contributed by atoms with E-state index in [9.17, 15) is 0 Å². The molecule has 1 fully saturated rings. The molecule has 108 valence electrons. The molecule has 20 heavy (non-hydrogen) atoms. The van der Waals surface area contributed by atoms with Crippen LogP contribution in [0.4, 0.5) is 0 Å². The molecule has 2 aliphatic heterocycles.